The molecule has 5 amide bonds. The van der Waals surface area contributed by atoms with Gasteiger partial charge in [-0.3, -0.25) is 39.6 Å². The van der Waals surface area contributed by atoms with Crippen molar-refractivity contribution >= 4 is 91.7 Å². The highest BCUT2D eigenvalue weighted by atomic mass is 35.5. The minimum atomic E-state index is -3.33. The van der Waals surface area contributed by atoms with Crippen LogP contribution >= 0.6 is 46.1 Å². The molecular formula is C75H68Cl3N17O10S2. The maximum Gasteiger partial charge on any atom is 0.322 e. The molecule has 0 saturated carbocycles. The molecule has 0 unspecified atom stereocenters. The maximum absolute atomic E-state index is 12.7. The number of hydrogen-bond donors (Lipinski definition) is 5. The van der Waals surface area contributed by atoms with E-state index >= 15 is 0 Å². The first-order chi connectivity index (χ1) is 52.0. The quantitative estimate of drug-likeness (QED) is 0.0443. The van der Waals surface area contributed by atoms with E-state index in [0.717, 1.165) is 115 Å². The van der Waals surface area contributed by atoms with Gasteiger partial charge in [-0.1, -0.05) is 138 Å². The number of fused-ring (bicyclic) bond motifs is 4. The second kappa shape index (κ2) is 34.1. The van der Waals surface area contributed by atoms with E-state index in [1.165, 1.54) is 48.3 Å². The number of amides is 5. The topological polar surface area (TPSA) is 338 Å². The molecule has 0 atom stereocenters. The summed E-state index contributed by atoms with van der Waals surface area (Å²) in [6.45, 7) is 3.97. The number of carbonyl (C=O) groups is 5. The Morgan fingerprint density at radius 1 is 0.505 bits per heavy atom. The zero-order valence-corrected chi connectivity index (χ0v) is 61.2. The number of urea groups is 1. The van der Waals surface area contributed by atoms with E-state index in [0.29, 0.717) is 86.5 Å². The van der Waals surface area contributed by atoms with Gasteiger partial charge in [0, 0.05) is 162 Å². The fraction of sp³-hybridized carbons (Fsp3) is 0.213. The van der Waals surface area contributed by atoms with Crippen molar-refractivity contribution in [2.75, 3.05) is 57.6 Å². The second-order valence-electron chi connectivity index (χ2n) is 24.8. The summed E-state index contributed by atoms with van der Waals surface area (Å²) in [6, 6.07) is 46.1. The lowest BCUT2D eigenvalue weighted by molar-refractivity contribution is -0.135. The summed E-state index contributed by atoms with van der Waals surface area (Å²) in [5, 5.41) is 35.9. The number of sulfone groups is 1. The fourth-order valence-electron chi connectivity index (χ4n) is 12.4. The van der Waals surface area contributed by atoms with Crippen molar-refractivity contribution in [3.8, 4) is 62.5 Å². The monoisotopic (exact) mass is 1540 g/mol. The van der Waals surface area contributed by atoms with Crippen molar-refractivity contribution in [2.45, 2.75) is 56.8 Å². The Morgan fingerprint density at radius 3 is 1.47 bits per heavy atom. The number of hydrogen-bond acceptors (Lipinski definition) is 19. The Balaban J connectivity index is 0.000000126. The van der Waals surface area contributed by atoms with Crippen LogP contribution in [0, 0.1) is 0 Å². The van der Waals surface area contributed by atoms with Crippen molar-refractivity contribution in [2.24, 2.45) is 0 Å². The Hall–Kier alpha value is -11.6. The Bertz CT molecular complexity index is 5260. The van der Waals surface area contributed by atoms with E-state index in [2.05, 4.69) is 66.0 Å². The summed E-state index contributed by atoms with van der Waals surface area (Å²) in [5.74, 6) is 0.546. The van der Waals surface area contributed by atoms with Crippen LogP contribution in [0.4, 0.5) is 10.5 Å². The molecule has 5 N–H and O–H groups in total. The van der Waals surface area contributed by atoms with Crippen LogP contribution < -0.4 is 19.5 Å². The summed E-state index contributed by atoms with van der Waals surface area (Å²) in [4.78, 5) is 85.0. The van der Waals surface area contributed by atoms with Gasteiger partial charge in [-0.2, -0.15) is 20.4 Å². The van der Waals surface area contributed by atoms with E-state index in [4.69, 9.17) is 49.0 Å². The summed E-state index contributed by atoms with van der Waals surface area (Å²) in [7, 11) is -3.33. The van der Waals surface area contributed by atoms with Gasteiger partial charge in [0.05, 0.1) is 51.5 Å². The number of aromatic nitrogens is 12. The maximum atomic E-state index is 12.7. The molecule has 4 aliphatic rings. The number of H-pyrrole nitrogens is 4. The van der Waals surface area contributed by atoms with Gasteiger partial charge in [-0.15, -0.1) is 11.3 Å². The van der Waals surface area contributed by atoms with Gasteiger partial charge in [0.25, 0.3) is 17.7 Å². The molecule has 11 heterocycles. The number of nitrogens with one attached hydrogen (secondary N) is 5. The number of halogens is 3. The zero-order valence-electron chi connectivity index (χ0n) is 57.3. The third-order valence-electron chi connectivity index (χ3n) is 17.8. The first kappa shape index (κ1) is 73.7. The molecule has 4 aliphatic heterocycles. The van der Waals surface area contributed by atoms with Crippen molar-refractivity contribution in [3.05, 3.63) is 241 Å². The molecule has 546 valence electrons. The predicted octanol–water partition coefficient (Wildman–Crippen LogP) is 11.6. The van der Waals surface area contributed by atoms with Crippen LogP contribution in [0.15, 0.2) is 181 Å². The molecule has 32 heteroatoms. The third kappa shape index (κ3) is 18.4. The molecule has 7 aromatic heterocycles. The fourth-order valence-corrected chi connectivity index (χ4v) is 14.1. The van der Waals surface area contributed by atoms with Crippen molar-refractivity contribution in [3.63, 3.8) is 0 Å². The average Bonchev–Trinajstić information content (AvgIpc) is 1.72. The van der Waals surface area contributed by atoms with Crippen LogP contribution in [0.1, 0.15) is 54.7 Å². The van der Waals surface area contributed by atoms with Crippen LogP contribution in [0.25, 0.3) is 45.0 Å². The molecule has 0 spiro atoms. The van der Waals surface area contributed by atoms with Gasteiger partial charge in [0.1, 0.15) is 22.4 Å². The number of aldehydes is 1. The first-order valence-electron chi connectivity index (χ1n) is 33.7. The van der Waals surface area contributed by atoms with Crippen LogP contribution in [-0.4, -0.2) is 171 Å². The Labute approximate surface area is 632 Å². The summed E-state index contributed by atoms with van der Waals surface area (Å²) >= 11 is 18.8. The highest BCUT2D eigenvalue weighted by molar-refractivity contribution is 7.90. The summed E-state index contributed by atoms with van der Waals surface area (Å²) < 4.78 is 39.8. The number of carbonyl (C=O) groups excluding carboxylic acids is 5. The van der Waals surface area contributed by atoms with Crippen LogP contribution in [0.5, 0.6) is 17.5 Å². The number of nitrogens with zero attached hydrogens (tertiary/aromatic N) is 12. The van der Waals surface area contributed by atoms with E-state index < -0.39 is 9.84 Å². The van der Waals surface area contributed by atoms with Gasteiger partial charge in [0.15, 0.2) is 35.9 Å². The average molecular weight is 1540 g/mol. The second-order valence-corrected chi connectivity index (χ2v) is 29.0. The number of aromatic amines is 4. The van der Waals surface area contributed by atoms with Gasteiger partial charge in [-0.25, -0.2) is 33.1 Å². The molecular weight excluding hydrogens is 1470 g/mol. The molecule has 5 aromatic carbocycles. The summed E-state index contributed by atoms with van der Waals surface area (Å²) in [5.41, 5.74) is 16.2. The largest absolute Gasteiger partial charge is 0.484 e. The SMILES string of the molecule is CS(=O)(=O)c1cccc(OCC(=O)N2CCc3[nH]nc(-c4ccccc4)c3C2)c1.O=C(COc1cc(Cl)ncn1)N1CCc2[nH]nc(-c3ccccc3)c2C1.O=C(COc1cnc(Cl)cn1)N1CCc2[nH]nc(-c3ccccc3)c2C1.O=Cc1sccc1-c1n[nH]c2c1CN(C(=O)Nc1cccc(Cl)c1)CC2. The van der Waals surface area contributed by atoms with Crippen molar-refractivity contribution < 1.29 is 46.6 Å². The lowest BCUT2D eigenvalue weighted by atomic mass is 10.0. The Kier molecular flexibility index (Phi) is 23.5. The summed E-state index contributed by atoms with van der Waals surface area (Å²) in [6.07, 6.45) is 8.91. The highest BCUT2D eigenvalue weighted by Gasteiger charge is 2.31. The lowest BCUT2D eigenvalue weighted by Gasteiger charge is -2.27. The predicted molar refractivity (Wildman–Crippen MR) is 401 cm³/mol. The smallest absolute Gasteiger partial charge is 0.322 e. The standard InChI is InChI=1S/C21H21N3O4S.2C18H16ClN5O2.C18H15ClN4O2S/c1-29(26,27)17-9-5-8-16(12-17)28-14-20(25)24-11-10-19-18(13-24)21(23-22-19)15-6-3-2-4-7-15;19-15-8-21-16(9-20-15)26-11-17(25)24-7-6-14-13(10-24)18(23-22-14)12-4-2-1-3-5-12;19-15-8-16(21-11-20-15)26-10-17(25)24-7-6-14-13(9-24)18(23-22-14)12-4-2-1-3-5-12;19-11-2-1-3-12(8-11)20-18(25)23-6-4-15-14(9-23)17(22-21-15)13-5-7-26-16(13)10-24/h2-9,12H,10-11,13-14H2,1H3,(H,22,23);1-5,8-9H,6-7,10-11H2,(H,22,23);1-5,8,11H,6-7,9-10H2,(H,22,23);1-3,5,7-8,10H,4,6,9H2,(H,20,25)(H,21,22). The van der Waals surface area contributed by atoms with Crippen LogP contribution in [0.2, 0.25) is 15.3 Å². The number of rotatable bonds is 16. The molecule has 0 saturated heterocycles. The molecule has 107 heavy (non-hydrogen) atoms. The van der Waals surface area contributed by atoms with Crippen LogP contribution in [-0.2, 0) is 76.1 Å². The zero-order chi connectivity index (χ0) is 74.4. The van der Waals surface area contributed by atoms with Gasteiger partial charge in [0.2, 0.25) is 11.8 Å². The molecule has 16 rings (SSSR count). The first-order valence-corrected chi connectivity index (χ1v) is 37.6. The molecule has 0 bridgehead atoms. The van der Waals surface area contributed by atoms with Crippen molar-refractivity contribution in [1.29, 1.82) is 0 Å². The van der Waals surface area contributed by atoms with Crippen molar-refractivity contribution in [1.82, 2.24) is 80.3 Å². The number of thiophene rings is 1. The number of anilines is 1. The third-order valence-corrected chi connectivity index (χ3v) is 20.4. The number of benzene rings is 5. The lowest BCUT2D eigenvalue weighted by Crippen LogP contribution is -2.38. The van der Waals surface area contributed by atoms with E-state index in [1.54, 1.807) is 56.0 Å². The van der Waals surface area contributed by atoms with Crippen LogP contribution in [0.3, 0.4) is 0 Å². The molecule has 27 nitrogen and oxygen atoms in total. The minimum absolute atomic E-state index is 0.0931. The molecule has 0 fully saturated rings. The van der Waals surface area contributed by atoms with E-state index in [9.17, 15) is 32.4 Å². The van der Waals surface area contributed by atoms with E-state index in [-0.39, 0.29) is 70.5 Å². The van der Waals surface area contributed by atoms with Gasteiger partial charge in [-0.05, 0) is 47.8 Å². The normalized spacial score (nSPS) is 13.5. The molecule has 0 radical (unpaired) electrons. The van der Waals surface area contributed by atoms with E-state index in [1.807, 2.05) is 102 Å². The highest BCUT2D eigenvalue weighted by Crippen LogP contribution is 2.35. The minimum Gasteiger partial charge on any atom is -0.484 e. The van der Waals surface area contributed by atoms with Gasteiger partial charge >= 0.3 is 6.03 Å². The number of ether oxygens (including phenoxy) is 3. The Morgan fingerprint density at radius 2 is 0.981 bits per heavy atom. The van der Waals surface area contributed by atoms with Gasteiger partial charge < -0.3 is 39.1 Å². The molecule has 0 aliphatic carbocycles. The molecule has 12 aromatic rings.